The third-order valence-corrected chi connectivity index (χ3v) is 9.90. The molecule has 0 heterocycles. The summed E-state index contributed by atoms with van der Waals surface area (Å²) in [7, 11) is -1.45. The predicted octanol–water partition coefficient (Wildman–Crippen LogP) is 6.76. The average Bonchev–Trinajstić information content (AvgIpc) is 3.06. The molecule has 4 aromatic rings. The molecule has 2 amide bonds. The van der Waals surface area contributed by atoms with Gasteiger partial charge in [0.25, 0.3) is 10.0 Å². The van der Waals surface area contributed by atoms with Crippen LogP contribution in [0.3, 0.4) is 0 Å². The normalized spacial score (nSPS) is 12.1. The Labute approximate surface area is 292 Å². The number of rotatable bonds is 13. The molecule has 12 heteroatoms. The summed E-state index contributed by atoms with van der Waals surface area (Å²) in [6, 6.07) is 25.6. The van der Waals surface area contributed by atoms with Crippen molar-refractivity contribution < 1.29 is 27.5 Å². The Kier molecular flexibility index (Phi) is 12.0. The van der Waals surface area contributed by atoms with Crippen LogP contribution in [0.15, 0.2) is 102 Å². The number of carbonyl (C=O) groups excluding carboxylic acids is 2. The van der Waals surface area contributed by atoms with E-state index in [0.717, 1.165) is 9.87 Å². The molecule has 0 unspecified atom stereocenters. The third-order valence-electron chi connectivity index (χ3n) is 7.39. The van der Waals surface area contributed by atoms with Crippen LogP contribution in [0.2, 0.25) is 10.0 Å². The van der Waals surface area contributed by atoms with Crippen LogP contribution in [-0.4, -0.2) is 57.5 Å². The van der Waals surface area contributed by atoms with Gasteiger partial charge < -0.3 is 19.7 Å². The Morgan fingerprint density at radius 3 is 2.06 bits per heavy atom. The molecule has 0 saturated carbocycles. The number of para-hydroxylation sites is 2. The van der Waals surface area contributed by atoms with E-state index in [-0.39, 0.29) is 34.3 Å². The number of anilines is 1. The van der Waals surface area contributed by atoms with Crippen molar-refractivity contribution in [2.45, 2.75) is 50.2 Å². The molecule has 1 atom stereocenters. The lowest BCUT2D eigenvalue weighted by molar-refractivity contribution is -0.140. The number of sulfonamides is 1. The van der Waals surface area contributed by atoms with Crippen LogP contribution < -0.4 is 19.1 Å². The fourth-order valence-corrected chi connectivity index (χ4v) is 6.81. The Morgan fingerprint density at radius 1 is 0.812 bits per heavy atom. The number of hydrogen-bond acceptors (Lipinski definition) is 6. The van der Waals surface area contributed by atoms with Gasteiger partial charge in [-0.3, -0.25) is 13.9 Å². The van der Waals surface area contributed by atoms with E-state index in [0.29, 0.717) is 16.3 Å². The van der Waals surface area contributed by atoms with Gasteiger partial charge in [-0.1, -0.05) is 71.7 Å². The summed E-state index contributed by atoms with van der Waals surface area (Å²) in [5.74, 6) is -0.323. The number of benzene rings is 4. The first-order valence-corrected chi connectivity index (χ1v) is 17.3. The van der Waals surface area contributed by atoms with E-state index in [1.165, 1.54) is 43.4 Å². The van der Waals surface area contributed by atoms with Crippen molar-refractivity contribution in [3.05, 3.63) is 118 Å². The van der Waals surface area contributed by atoms with E-state index < -0.39 is 40.0 Å². The first-order valence-electron chi connectivity index (χ1n) is 15.1. The molecule has 0 aliphatic rings. The number of hydrogen-bond donors (Lipinski definition) is 1. The lowest BCUT2D eigenvalue weighted by Gasteiger charge is -2.35. The van der Waals surface area contributed by atoms with Crippen molar-refractivity contribution in [2.24, 2.45) is 0 Å². The van der Waals surface area contributed by atoms with Crippen LogP contribution in [0.4, 0.5) is 5.69 Å². The molecule has 9 nitrogen and oxygen atoms in total. The maximum absolute atomic E-state index is 14.7. The number of amides is 2. The van der Waals surface area contributed by atoms with Gasteiger partial charge in [0, 0.05) is 18.5 Å². The Hall–Kier alpha value is -4.25. The molecule has 0 aromatic heterocycles. The monoisotopic (exact) mass is 711 g/mol. The van der Waals surface area contributed by atoms with E-state index >= 15 is 0 Å². The van der Waals surface area contributed by atoms with Crippen LogP contribution in [0.25, 0.3) is 0 Å². The van der Waals surface area contributed by atoms with E-state index in [1.807, 2.05) is 51.1 Å². The number of carbonyl (C=O) groups is 2. The highest BCUT2D eigenvalue weighted by Crippen LogP contribution is 2.33. The average molecular weight is 713 g/mol. The topological polar surface area (TPSA) is 105 Å². The second-order valence-corrected chi connectivity index (χ2v) is 14.8. The van der Waals surface area contributed by atoms with Gasteiger partial charge in [-0.25, -0.2) is 8.42 Å². The molecule has 0 bridgehead atoms. The largest absolute Gasteiger partial charge is 0.497 e. The molecule has 4 rings (SSSR count). The molecule has 0 aliphatic heterocycles. The van der Waals surface area contributed by atoms with Gasteiger partial charge in [0.15, 0.2) is 0 Å². The molecule has 1 N–H and O–H groups in total. The Bertz CT molecular complexity index is 1830. The summed E-state index contributed by atoms with van der Waals surface area (Å²) >= 11 is 12.6. The van der Waals surface area contributed by atoms with Crippen LogP contribution in [0, 0.1) is 0 Å². The van der Waals surface area contributed by atoms with Gasteiger partial charge >= 0.3 is 0 Å². The van der Waals surface area contributed by atoms with Gasteiger partial charge in [-0.2, -0.15) is 0 Å². The highest BCUT2D eigenvalue weighted by atomic mass is 35.5. The first-order chi connectivity index (χ1) is 22.7. The van der Waals surface area contributed by atoms with E-state index in [4.69, 9.17) is 32.7 Å². The second-order valence-electron chi connectivity index (χ2n) is 12.1. The van der Waals surface area contributed by atoms with Crippen LogP contribution in [0.1, 0.15) is 31.9 Å². The zero-order valence-electron chi connectivity index (χ0n) is 27.4. The minimum Gasteiger partial charge on any atom is -0.497 e. The highest BCUT2D eigenvalue weighted by Gasteiger charge is 2.36. The Balaban J connectivity index is 1.86. The number of halogens is 2. The van der Waals surface area contributed by atoms with Gasteiger partial charge in [0.05, 0.1) is 34.8 Å². The van der Waals surface area contributed by atoms with E-state index in [2.05, 4.69) is 5.32 Å². The van der Waals surface area contributed by atoms with Crippen molar-refractivity contribution in [1.82, 2.24) is 10.2 Å². The van der Waals surface area contributed by atoms with Gasteiger partial charge in [0.1, 0.15) is 24.1 Å². The maximum atomic E-state index is 14.7. The highest BCUT2D eigenvalue weighted by molar-refractivity contribution is 7.92. The molecule has 254 valence electrons. The number of ether oxygens (including phenoxy) is 2. The van der Waals surface area contributed by atoms with E-state index in [1.54, 1.807) is 42.5 Å². The lowest BCUT2D eigenvalue weighted by atomic mass is 10.0. The molecular weight excluding hydrogens is 673 g/mol. The molecule has 0 saturated heterocycles. The maximum Gasteiger partial charge on any atom is 0.264 e. The minimum absolute atomic E-state index is 0.0624. The second kappa shape index (κ2) is 15.8. The minimum atomic E-state index is -4.35. The fraction of sp³-hybridized carbons (Fsp3) is 0.278. The fourth-order valence-electron chi connectivity index (χ4n) is 5.07. The Morgan fingerprint density at radius 2 is 1.46 bits per heavy atom. The lowest BCUT2D eigenvalue weighted by Crippen LogP contribution is -2.56. The van der Waals surface area contributed by atoms with Crippen molar-refractivity contribution in [2.75, 3.05) is 25.1 Å². The molecule has 0 spiro atoms. The number of methoxy groups -OCH3 is 2. The van der Waals surface area contributed by atoms with Crippen LogP contribution in [-0.2, 0) is 32.6 Å². The summed E-state index contributed by atoms with van der Waals surface area (Å²) < 4.78 is 40.4. The summed E-state index contributed by atoms with van der Waals surface area (Å²) in [5, 5.41) is 3.61. The zero-order valence-corrected chi connectivity index (χ0v) is 29.8. The molecule has 0 fully saturated rings. The SMILES string of the molecule is COc1ccc(S(=O)(=O)N(CC(=O)N(Cc2ccc(Cl)c(Cl)c2)[C@H](Cc2ccccc2)C(=O)NC(C)(C)C)c2ccccc2OC)cc1. The quantitative estimate of drug-likeness (QED) is 0.164. The van der Waals surface area contributed by atoms with E-state index in [9.17, 15) is 18.0 Å². The molecule has 0 radical (unpaired) electrons. The molecule has 48 heavy (non-hydrogen) atoms. The van der Waals surface area contributed by atoms with Gasteiger partial charge in [-0.05, 0) is 80.4 Å². The van der Waals surface area contributed by atoms with Crippen molar-refractivity contribution in [1.29, 1.82) is 0 Å². The first kappa shape index (κ1) is 36.6. The predicted molar refractivity (Wildman–Crippen MR) is 189 cm³/mol. The summed E-state index contributed by atoms with van der Waals surface area (Å²) in [6.45, 7) is 4.83. The molecule has 0 aliphatic carbocycles. The number of nitrogens with zero attached hydrogens (tertiary/aromatic N) is 2. The smallest absolute Gasteiger partial charge is 0.264 e. The molecular formula is C36H39Cl2N3O6S. The molecule has 4 aromatic carbocycles. The van der Waals surface area contributed by atoms with Crippen molar-refractivity contribution in [3.63, 3.8) is 0 Å². The van der Waals surface area contributed by atoms with Crippen molar-refractivity contribution >= 4 is 50.7 Å². The zero-order chi connectivity index (χ0) is 35.1. The standard InChI is InChI=1S/C36H39Cl2N3O6S/c1-36(2,3)39-35(43)32(22-25-11-7-6-8-12-25)40(23-26-15-20-29(37)30(38)21-26)34(42)24-41(31-13-9-10-14-33(31)47-5)48(44,45)28-18-16-27(46-4)17-19-28/h6-21,32H,22-24H2,1-5H3,(H,39,43)/t32-/m1/s1. The van der Waals surface area contributed by atoms with Crippen LogP contribution >= 0.6 is 23.2 Å². The third kappa shape index (κ3) is 9.21. The van der Waals surface area contributed by atoms with Gasteiger partial charge in [0.2, 0.25) is 11.8 Å². The van der Waals surface area contributed by atoms with Crippen molar-refractivity contribution in [3.8, 4) is 11.5 Å². The summed E-state index contributed by atoms with van der Waals surface area (Å²) in [6.07, 6.45) is 0.162. The number of nitrogens with one attached hydrogen (secondary N) is 1. The van der Waals surface area contributed by atoms with Crippen LogP contribution in [0.5, 0.6) is 11.5 Å². The van der Waals surface area contributed by atoms with Gasteiger partial charge in [-0.15, -0.1) is 0 Å². The summed E-state index contributed by atoms with van der Waals surface area (Å²) in [5.41, 5.74) is 0.940. The summed E-state index contributed by atoms with van der Waals surface area (Å²) in [4.78, 5) is 30.0.